The molecule has 1 heterocycles. The topological polar surface area (TPSA) is 70.7 Å². The standard InChI is InChI=1S/C12H20N4O/c1-3-5-6-7-8-10(4-2)16-9-14-15-12(16)11(13)17/h5-8,10,14H,3-4,9H2,1-2H3,(H2,13,17). The lowest BCUT2D eigenvalue weighted by atomic mass is 10.1. The molecule has 0 aromatic heterocycles. The molecule has 0 aliphatic carbocycles. The number of carbonyl (C=O) groups excluding carboxylic acids is 1. The molecule has 94 valence electrons. The smallest absolute Gasteiger partial charge is 0.286 e. The van der Waals surface area contributed by atoms with Crippen molar-refractivity contribution in [2.24, 2.45) is 10.8 Å². The van der Waals surface area contributed by atoms with Crippen LogP contribution in [0.5, 0.6) is 0 Å². The van der Waals surface area contributed by atoms with E-state index in [9.17, 15) is 4.79 Å². The van der Waals surface area contributed by atoms with Crippen LogP contribution in [-0.2, 0) is 4.79 Å². The summed E-state index contributed by atoms with van der Waals surface area (Å²) in [6.45, 7) is 4.68. The van der Waals surface area contributed by atoms with Crippen LogP contribution in [0.1, 0.15) is 26.7 Å². The molecule has 0 saturated carbocycles. The molecule has 1 aliphatic rings. The molecule has 17 heavy (non-hydrogen) atoms. The largest absolute Gasteiger partial charge is 0.363 e. The number of rotatable bonds is 6. The molecular weight excluding hydrogens is 216 g/mol. The molecule has 0 bridgehead atoms. The molecule has 3 N–H and O–H groups in total. The fraction of sp³-hybridized carbons (Fsp3) is 0.500. The van der Waals surface area contributed by atoms with E-state index in [-0.39, 0.29) is 6.04 Å². The van der Waals surface area contributed by atoms with E-state index in [1.807, 2.05) is 17.1 Å². The van der Waals surface area contributed by atoms with Gasteiger partial charge in [0.15, 0.2) is 0 Å². The van der Waals surface area contributed by atoms with E-state index in [4.69, 9.17) is 5.73 Å². The van der Waals surface area contributed by atoms with Crippen LogP contribution in [0.15, 0.2) is 29.4 Å². The number of hydrazone groups is 1. The van der Waals surface area contributed by atoms with E-state index in [1.54, 1.807) is 0 Å². The van der Waals surface area contributed by atoms with Crippen molar-refractivity contribution in [3.05, 3.63) is 24.3 Å². The van der Waals surface area contributed by atoms with Crippen LogP contribution in [0, 0.1) is 0 Å². The zero-order chi connectivity index (χ0) is 12.7. The quantitative estimate of drug-likeness (QED) is 0.674. The normalized spacial score (nSPS) is 17.5. The van der Waals surface area contributed by atoms with E-state index >= 15 is 0 Å². The molecule has 1 unspecified atom stereocenters. The van der Waals surface area contributed by atoms with Crippen molar-refractivity contribution in [1.82, 2.24) is 10.3 Å². The maximum Gasteiger partial charge on any atom is 0.286 e. The molecule has 0 aromatic carbocycles. The number of carbonyl (C=O) groups is 1. The minimum absolute atomic E-state index is 0.137. The van der Waals surface area contributed by atoms with E-state index in [1.165, 1.54) is 0 Å². The number of amides is 1. The molecule has 1 rings (SSSR count). The van der Waals surface area contributed by atoms with Gasteiger partial charge in [-0.05, 0) is 12.8 Å². The molecule has 0 radical (unpaired) electrons. The predicted molar refractivity (Wildman–Crippen MR) is 69.1 cm³/mol. The second-order valence-corrected chi connectivity index (χ2v) is 3.78. The summed E-state index contributed by atoms with van der Waals surface area (Å²) in [7, 11) is 0. The third-order valence-electron chi connectivity index (χ3n) is 2.55. The monoisotopic (exact) mass is 236 g/mol. The van der Waals surface area contributed by atoms with Crippen LogP contribution in [0.2, 0.25) is 0 Å². The summed E-state index contributed by atoms with van der Waals surface area (Å²) >= 11 is 0. The Morgan fingerprint density at radius 3 is 2.94 bits per heavy atom. The van der Waals surface area contributed by atoms with Gasteiger partial charge in [0.25, 0.3) is 5.91 Å². The van der Waals surface area contributed by atoms with Crippen LogP contribution in [0.25, 0.3) is 0 Å². The lowest BCUT2D eigenvalue weighted by molar-refractivity contribution is -0.112. The first-order valence-corrected chi connectivity index (χ1v) is 5.91. The van der Waals surface area contributed by atoms with Crippen LogP contribution in [0.3, 0.4) is 0 Å². The lowest BCUT2D eigenvalue weighted by Crippen LogP contribution is -2.43. The van der Waals surface area contributed by atoms with Gasteiger partial charge in [0.1, 0.15) is 6.67 Å². The van der Waals surface area contributed by atoms with E-state index in [2.05, 4.69) is 36.5 Å². The Bertz CT molecular complexity index is 346. The fourth-order valence-electron chi connectivity index (χ4n) is 1.66. The van der Waals surface area contributed by atoms with Gasteiger partial charge in [-0.15, -0.1) is 0 Å². The Morgan fingerprint density at radius 1 is 1.59 bits per heavy atom. The minimum Gasteiger partial charge on any atom is -0.363 e. The highest BCUT2D eigenvalue weighted by Gasteiger charge is 2.26. The second kappa shape index (κ2) is 6.73. The number of allylic oxidation sites excluding steroid dienone is 3. The van der Waals surface area contributed by atoms with E-state index in [0.29, 0.717) is 12.5 Å². The maximum absolute atomic E-state index is 11.2. The van der Waals surface area contributed by atoms with Gasteiger partial charge in [-0.2, -0.15) is 5.10 Å². The Morgan fingerprint density at radius 2 is 2.35 bits per heavy atom. The second-order valence-electron chi connectivity index (χ2n) is 3.78. The summed E-state index contributed by atoms with van der Waals surface area (Å²) in [6.07, 6.45) is 10.0. The third kappa shape index (κ3) is 3.62. The average molecular weight is 236 g/mol. The number of amidine groups is 1. The zero-order valence-corrected chi connectivity index (χ0v) is 10.4. The molecule has 0 spiro atoms. The lowest BCUT2D eigenvalue weighted by Gasteiger charge is -2.24. The summed E-state index contributed by atoms with van der Waals surface area (Å²) in [5, 5.41) is 3.90. The number of nitrogens with zero attached hydrogens (tertiary/aromatic N) is 2. The molecule has 0 saturated heterocycles. The van der Waals surface area contributed by atoms with Gasteiger partial charge < -0.3 is 10.6 Å². The van der Waals surface area contributed by atoms with Crippen LogP contribution >= 0.6 is 0 Å². The Kier molecular flexibility index (Phi) is 5.26. The van der Waals surface area contributed by atoms with Crippen LogP contribution in [-0.4, -0.2) is 29.4 Å². The van der Waals surface area contributed by atoms with Crippen molar-refractivity contribution in [2.75, 3.05) is 6.67 Å². The average Bonchev–Trinajstić information content (AvgIpc) is 2.78. The van der Waals surface area contributed by atoms with Gasteiger partial charge in [-0.3, -0.25) is 10.2 Å². The Hall–Kier alpha value is -1.78. The van der Waals surface area contributed by atoms with E-state index < -0.39 is 5.91 Å². The van der Waals surface area contributed by atoms with Gasteiger partial charge in [0.05, 0.1) is 6.04 Å². The van der Waals surface area contributed by atoms with Gasteiger partial charge in [-0.25, -0.2) is 0 Å². The number of nitrogens with one attached hydrogen (secondary N) is 1. The summed E-state index contributed by atoms with van der Waals surface area (Å²) in [5.74, 6) is -0.188. The van der Waals surface area contributed by atoms with Crippen molar-refractivity contribution in [2.45, 2.75) is 32.7 Å². The van der Waals surface area contributed by atoms with Gasteiger partial charge >= 0.3 is 0 Å². The summed E-state index contributed by atoms with van der Waals surface area (Å²) in [4.78, 5) is 13.1. The highest BCUT2D eigenvalue weighted by atomic mass is 16.1. The Labute approximate surface area is 102 Å². The number of hydrogen-bond acceptors (Lipinski definition) is 4. The first-order valence-electron chi connectivity index (χ1n) is 5.91. The minimum atomic E-state index is -0.494. The van der Waals surface area contributed by atoms with Gasteiger partial charge in [0, 0.05) is 0 Å². The van der Waals surface area contributed by atoms with Crippen molar-refractivity contribution in [3.8, 4) is 0 Å². The highest BCUT2D eigenvalue weighted by Crippen LogP contribution is 2.09. The maximum atomic E-state index is 11.2. The summed E-state index contributed by atoms with van der Waals surface area (Å²) < 4.78 is 0. The van der Waals surface area contributed by atoms with Crippen molar-refractivity contribution >= 4 is 11.7 Å². The fourth-order valence-corrected chi connectivity index (χ4v) is 1.66. The number of primary amides is 1. The molecule has 0 fully saturated rings. The third-order valence-corrected chi connectivity index (χ3v) is 2.55. The van der Waals surface area contributed by atoms with E-state index in [0.717, 1.165) is 12.8 Å². The molecule has 5 heteroatoms. The molecule has 0 aromatic rings. The SMILES string of the molecule is CCC=CC=CC(CC)N1CNN=C1C(N)=O. The first-order chi connectivity index (χ1) is 8.20. The molecular formula is C12H20N4O. The van der Waals surface area contributed by atoms with Gasteiger partial charge in [0.2, 0.25) is 5.84 Å². The van der Waals surface area contributed by atoms with Crippen LogP contribution < -0.4 is 11.2 Å². The molecule has 1 amide bonds. The molecule has 1 aliphatic heterocycles. The van der Waals surface area contributed by atoms with Crippen LogP contribution in [0.4, 0.5) is 0 Å². The zero-order valence-electron chi connectivity index (χ0n) is 10.4. The number of nitrogens with two attached hydrogens (primary N) is 1. The first kappa shape index (κ1) is 13.3. The van der Waals surface area contributed by atoms with Crippen molar-refractivity contribution in [3.63, 3.8) is 0 Å². The summed E-state index contributed by atoms with van der Waals surface area (Å²) in [6, 6.07) is 0.137. The number of hydrogen-bond donors (Lipinski definition) is 2. The van der Waals surface area contributed by atoms with Crippen molar-refractivity contribution < 1.29 is 4.79 Å². The van der Waals surface area contributed by atoms with Crippen molar-refractivity contribution in [1.29, 1.82) is 0 Å². The molecule has 5 nitrogen and oxygen atoms in total. The highest BCUT2D eigenvalue weighted by molar-refractivity contribution is 6.37. The molecule has 1 atom stereocenters. The Balaban J connectivity index is 2.68. The summed E-state index contributed by atoms with van der Waals surface area (Å²) in [5.41, 5.74) is 8.05. The predicted octanol–water partition coefficient (Wildman–Crippen LogP) is 0.949. The van der Waals surface area contributed by atoms with Gasteiger partial charge in [-0.1, -0.05) is 38.2 Å².